The maximum absolute atomic E-state index is 12.7. The van der Waals surface area contributed by atoms with Gasteiger partial charge >= 0.3 is 0 Å². The summed E-state index contributed by atoms with van der Waals surface area (Å²) in [4.78, 5) is 43.4. The van der Waals surface area contributed by atoms with Crippen LogP contribution in [0, 0.1) is 23.7 Å². The van der Waals surface area contributed by atoms with E-state index in [0.29, 0.717) is 25.6 Å². The number of fused-ring (bicyclic) bond motifs is 5. The predicted octanol–water partition coefficient (Wildman–Crippen LogP) is 0.798. The molecule has 0 aromatic rings. The quantitative estimate of drug-likeness (QED) is 0.247. The summed E-state index contributed by atoms with van der Waals surface area (Å²) in [6.45, 7) is 3.42. The van der Waals surface area contributed by atoms with Gasteiger partial charge in [-0.25, -0.2) is 4.99 Å². The molecule has 1 saturated heterocycles. The van der Waals surface area contributed by atoms with Crippen LogP contribution in [0.25, 0.3) is 0 Å². The van der Waals surface area contributed by atoms with E-state index in [1.807, 2.05) is 6.92 Å². The Balaban J connectivity index is 1.25. The van der Waals surface area contributed by atoms with E-state index in [4.69, 9.17) is 0 Å². The standard InChI is InChI=1S/C22H33N5O3/c1-2-23-22(25-13-17(28)26-16-6-4-3-5-7-16)24-10-11-27-20(29)18-14-8-9-15(12-14)19(18)21(27)30/h8-9,14-16,18-19H,2-7,10-13H2,1H3,(H,26,28)(H2,23,24,25). The second-order valence-corrected chi connectivity index (χ2v) is 8.85. The third-order valence-corrected chi connectivity index (χ3v) is 6.88. The van der Waals surface area contributed by atoms with Gasteiger partial charge in [-0.15, -0.1) is 0 Å². The Hall–Kier alpha value is -2.38. The minimum absolute atomic E-state index is 0.0301. The van der Waals surface area contributed by atoms with Gasteiger partial charge in [0.05, 0.1) is 11.8 Å². The van der Waals surface area contributed by atoms with E-state index in [-0.39, 0.29) is 54.0 Å². The summed E-state index contributed by atoms with van der Waals surface area (Å²) in [5.41, 5.74) is 0. The molecule has 3 amide bonds. The number of nitrogens with zero attached hydrogens (tertiary/aromatic N) is 2. The first kappa shape index (κ1) is 20.9. The number of guanidine groups is 1. The third-order valence-electron chi connectivity index (χ3n) is 6.88. The summed E-state index contributed by atoms with van der Waals surface area (Å²) in [6, 6.07) is 0.272. The molecule has 1 heterocycles. The molecule has 4 rings (SSSR count). The summed E-state index contributed by atoms with van der Waals surface area (Å²) >= 11 is 0. The van der Waals surface area contributed by atoms with Gasteiger partial charge in [-0.05, 0) is 38.0 Å². The molecular formula is C22H33N5O3. The molecule has 164 valence electrons. The van der Waals surface area contributed by atoms with Crippen LogP contribution in [0.5, 0.6) is 0 Å². The molecule has 2 saturated carbocycles. The second-order valence-electron chi connectivity index (χ2n) is 8.85. The Bertz CT molecular complexity index is 713. The van der Waals surface area contributed by atoms with E-state index in [1.54, 1.807) is 0 Å². The summed E-state index contributed by atoms with van der Waals surface area (Å²) < 4.78 is 0. The maximum Gasteiger partial charge on any atom is 0.242 e. The molecule has 0 radical (unpaired) electrons. The Morgan fingerprint density at radius 2 is 1.73 bits per heavy atom. The van der Waals surface area contributed by atoms with Gasteiger partial charge in [0.1, 0.15) is 6.54 Å². The van der Waals surface area contributed by atoms with Crippen molar-refractivity contribution >= 4 is 23.7 Å². The number of likely N-dealkylation sites (tertiary alicyclic amines) is 1. The van der Waals surface area contributed by atoms with Crippen LogP contribution in [-0.4, -0.2) is 60.8 Å². The lowest BCUT2D eigenvalue weighted by Crippen LogP contribution is -2.44. The van der Waals surface area contributed by atoms with E-state index in [0.717, 1.165) is 19.3 Å². The van der Waals surface area contributed by atoms with Crippen molar-refractivity contribution in [1.29, 1.82) is 0 Å². The van der Waals surface area contributed by atoms with Crippen molar-refractivity contribution in [2.24, 2.45) is 28.7 Å². The van der Waals surface area contributed by atoms with Crippen LogP contribution in [0.1, 0.15) is 45.4 Å². The fourth-order valence-corrected chi connectivity index (χ4v) is 5.48. The van der Waals surface area contributed by atoms with Crippen LogP contribution in [0.4, 0.5) is 0 Å². The third kappa shape index (κ3) is 4.23. The number of aliphatic imine (C=N–C) groups is 1. The number of hydrogen-bond acceptors (Lipinski definition) is 4. The number of nitrogens with one attached hydrogen (secondary N) is 3. The van der Waals surface area contributed by atoms with Crippen LogP contribution in [0.3, 0.4) is 0 Å². The van der Waals surface area contributed by atoms with Crippen LogP contribution in [0.2, 0.25) is 0 Å². The van der Waals surface area contributed by atoms with Crippen LogP contribution >= 0.6 is 0 Å². The smallest absolute Gasteiger partial charge is 0.242 e. The molecule has 4 aliphatic rings. The Kier molecular flexibility index (Phi) is 6.39. The lowest BCUT2D eigenvalue weighted by Gasteiger charge is -2.22. The molecule has 0 spiro atoms. The Labute approximate surface area is 177 Å². The Morgan fingerprint density at radius 3 is 2.37 bits per heavy atom. The van der Waals surface area contributed by atoms with Crippen LogP contribution < -0.4 is 16.0 Å². The average Bonchev–Trinajstić information content (AvgIpc) is 3.42. The predicted molar refractivity (Wildman–Crippen MR) is 113 cm³/mol. The lowest BCUT2D eigenvalue weighted by molar-refractivity contribution is -0.140. The van der Waals surface area contributed by atoms with Gasteiger partial charge < -0.3 is 16.0 Å². The molecule has 2 bridgehead atoms. The van der Waals surface area contributed by atoms with Crippen LogP contribution in [0.15, 0.2) is 17.1 Å². The number of imide groups is 1. The highest BCUT2D eigenvalue weighted by molar-refractivity contribution is 6.06. The zero-order valence-electron chi connectivity index (χ0n) is 17.7. The van der Waals surface area contributed by atoms with Crippen molar-refractivity contribution in [3.05, 3.63) is 12.2 Å². The molecule has 4 atom stereocenters. The van der Waals surface area contributed by atoms with Gasteiger partial charge in [0.15, 0.2) is 5.96 Å². The highest BCUT2D eigenvalue weighted by Crippen LogP contribution is 2.52. The molecule has 3 fully saturated rings. The Morgan fingerprint density at radius 1 is 1.07 bits per heavy atom. The van der Waals surface area contributed by atoms with Gasteiger partial charge in [0.25, 0.3) is 0 Å². The summed E-state index contributed by atoms with van der Waals surface area (Å²) in [5, 5.41) is 9.32. The first-order chi connectivity index (χ1) is 14.6. The highest BCUT2D eigenvalue weighted by Gasteiger charge is 2.58. The highest BCUT2D eigenvalue weighted by atomic mass is 16.2. The molecule has 30 heavy (non-hydrogen) atoms. The second kappa shape index (κ2) is 9.18. The van der Waals surface area contributed by atoms with Crippen molar-refractivity contribution in [2.45, 2.75) is 51.5 Å². The number of carbonyl (C=O) groups excluding carboxylic acids is 3. The summed E-state index contributed by atoms with van der Waals surface area (Å²) in [7, 11) is 0. The molecule has 1 aliphatic heterocycles. The minimum Gasteiger partial charge on any atom is -0.357 e. The van der Waals surface area contributed by atoms with Crippen molar-refractivity contribution in [2.75, 3.05) is 26.2 Å². The summed E-state index contributed by atoms with van der Waals surface area (Å²) in [6.07, 6.45) is 10.8. The van der Waals surface area contributed by atoms with E-state index >= 15 is 0 Å². The minimum atomic E-state index is -0.155. The number of carbonyl (C=O) groups is 3. The van der Waals surface area contributed by atoms with Gasteiger partial charge in [0.2, 0.25) is 17.7 Å². The van der Waals surface area contributed by atoms with Gasteiger partial charge in [-0.3, -0.25) is 19.3 Å². The fraction of sp³-hybridized carbons (Fsp3) is 0.727. The molecule has 3 aliphatic carbocycles. The normalized spacial score (nSPS) is 30.7. The molecule has 8 nitrogen and oxygen atoms in total. The van der Waals surface area contributed by atoms with Crippen molar-refractivity contribution in [1.82, 2.24) is 20.9 Å². The number of amides is 3. The lowest BCUT2D eigenvalue weighted by atomic mass is 9.85. The van der Waals surface area contributed by atoms with Crippen molar-refractivity contribution < 1.29 is 14.4 Å². The van der Waals surface area contributed by atoms with E-state index in [2.05, 4.69) is 33.1 Å². The zero-order valence-corrected chi connectivity index (χ0v) is 17.7. The largest absolute Gasteiger partial charge is 0.357 e. The zero-order chi connectivity index (χ0) is 21.1. The number of rotatable bonds is 7. The van der Waals surface area contributed by atoms with Gasteiger partial charge in [-0.1, -0.05) is 31.4 Å². The topological polar surface area (TPSA) is 103 Å². The molecule has 0 aromatic carbocycles. The van der Waals surface area contributed by atoms with Crippen molar-refractivity contribution in [3.8, 4) is 0 Å². The van der Waals surface area contributed by atoms with Gasteiger partial charge in [0, 0.05) is 25.7 Å². The maximum atomic E-state index is 12.7. The van der Waals surface area contributed by atoms with Crippen molar-refractivity contribution in [3.63, 3.8) is 0 Å². The van der Waals surface area contributed by atoms with E-state index < -0.39 is 0 Å². The fourth-order valence-electron chi connectivity index (χ4n) is 5.48. The van der Waals surface area contributed by atoms with Crippen LogP contribution in [-0.2, 0) is 14.4 Å². The molecular weight excluding hydrogens is 382 g/mol. The monoisotopic (exact) mass is 415 g/mol. The number of hydrogen-bond donors (Lipinski definition) is 3. The van der Waals surface area contributed by atoms with Gasteiger partial charge in [-0.2, -0.15) is 0 Å². The van der Waals surface area contributed by atoms with E-state index in [9.17, 15) is 14.4 Å². The molecule has 8 heteroatoms. The first-order valence-corrected chi connectivity index (χ1v) is 11.4. The first-order valence-electron chi connectivity index (χ1n) is 11.4. The number of allylic oxidation sites excluding steroid dienone is 2. The average molecular weight is 416 g/mol. The summed E-state index contributed by atoms with van der Waals surface area (Å²) in [5.74, 6) is 0.551. The molecule has 4 unspecified atom stereocenters. The van der Waals surface area contributed by atoms with E-state index in [1.165, 1.54) is 24.2 Å². The SMILES string of the molecule is CCNC(=NCC(=O)NC1CCCCC1)NCCN1C(=O)C2C3C=CC(C3)C2C1=O. The molecule has 0 aromatic heterocycles. The molecule has 3 N–H and O–H groups in total.